The first-order valence-electron chi connectivity index (χ1n) is 6.15. The highest BCUT2D eigenvalue weighted by atomic mass is 16.5. The number of aliphatic carboxylic acids is 1. The SMILES string of the molecule is CC(C)OCC(O)CN1CC(C(C)C(=O)O)C1. The third-order valence-corrected chi connectivity index (χ3v) is 3.17. The largest absolute Gasteiger partial charge is 0.481 e. The lowest BCUT2D eigenvalue weighted by Gasteiger charge is -2.42. The molecule has 5 nitrogen and oxygen atoms in total. The van der Waals surface area contributed by atoms with Crippen LogP contribution in [0.5, 0.6) is 0 Å². The van der Waals surface area contributed by atoms with E-state index >= 15 is 0 Å². The van der Waals surface area contributed by atoms with E-state index in [1.807, 2.05) is 13.8 Å². The Kier molecular flexibility index (Phi) is 5.36. The summed E-state index contributed by atoms with van der Waals surface area (Å²) in [5.41, 5.74) is 0. The van der Waals surface area contributed by atoms with Crippen LogP contribution < -0.4 is 0 Å². The lowest BCUT2D eigenvalue weighted by Crippen LogP contribution is -2.53. The zero-order valence-electron chi connectivity index (χ0n) is 10.8. The number of likely N-dealkylation sites (tertiary alicyclic amines) is 1. The van der Waals surface area contributed by atoms with Crippen molar-refractivity contribution in [1.82, 2.24) is 4.90 Å². The molecule has 0 aromatic heterocycles. The molecule has 17 heavy (non-hydrogen) atoms. The molecule has 5 heteroatoms. The van der Waals surface area contributed by atoms with Crippen molar-refractivity contribution < 1.29 is 19.7 Å². The number of ether oxygens (including phenoxy) is 1. The quantitative estimate of drug-likeness (QED) is 0.680. The molecule has 1 fully saturated rings. The Morgan fingerprint density at radius 1 is 1.41 bits per heavy atom. The summed E-state index contributed by atoms with van der Waals surface area (Å²) < 4.78 is 5.31. The summed E-state index contributed by atoms with van der Waals surface area (Å²) in [6, 6.07) is 0. The van der Waals surface area contributed by atoms with Crippen LogP contribution in [0.15, 0.2) is 0 Å². The van der Waals surface area contributed by atoms with Gasteiger partial charge < -0.3 is 14.9 Å². The van der Waals surface area contributed by atoms with Crippen molar-refractivity contribution in [3.05, 3.63) is 0 Å². The van der Waals surface area contributed by atoms with E-state index in [-0.39, 0.29) is 17.9 Å². The first-order chi connectivity index (χ1) is 7.90. The fraction of sp³-hybridized carbons (Fsp3) is 0.917. The molecule has 0 aromatic rings. The molecule has 0 saturated carbocycles. The molecule has 2 atom stereocenters. The number of hydrogen-bond donors (Lipinski definition) is 2. The van der Waals surface area contributed by atoms with E-state index < -0.39 is 12.1 Å². The third kappa shape index (κ3) is 4.61. The molecule has 100 valence electrons. The average Bonchev–Trinajstić information content (AvgIpc) is 2.18. The molecular formula is C12H23NO4. The number of aliphatic hydroxyl groups excluding tert-OH is 1. The Morgan fingerprint density at radius 2 is 2.00 bits per heavy atom. The second-order valence-corrected chi connectivity index (χ2v) is 5.14. The molecule has 1 heterocycles. The number of nitrogens with zero attached hydrogens (tertiary/aromatic N) is 1. The minimum Gasteiger partial charge on any atom is -0.481 e. The Balaban J connectivity index is 2.14. The van der Waals surface area contributed by atoms with Crippen LogP contribution in [-0.2, 0) is 9.53 Å². The highest BCUT2D eigenvalue weighted by molar-refractivity contribution is 5.70. The normalized spacial score (nSPS) is 21.2. The van der Waals surface area contributed by atoms with E-state index in [9.17, 15) is 9.90 Å². The molecule has 1 aliphatic rings. The lowest BCUT2D eigenvalue weighted by molar-refractivity contribution is -0.145. The maximum absolute atomic E-state index is 10.8. The van der Waals surface area contributed by atoms with Gasteiger partial charge in [0.05, 0.1) is 24.7 Å². The number of carbonyl (C=O) groups is 1. The number of carboxylic acids is 1. The van der Waals surface area contributed by atoms with Gasteiger partial charge in [-0.3, -0.25) is 9.69 Å². The number of β-amino-alcohol motifs (C(OH)–C–C–N with tert-alkyl or cyclic N) is 1. The number of aliphatic hydroxyl groups is 1. The minimum atomic E-state index is -0.738. The zero-order valence-corrected chi connectivity index (χ0v) is 10.8. The predicted molar refractivity (Wildman–Crippen MR) is 63.8 cm³/mol. The number of carboxylic acid groups (broad SMARTS) is 1. The molecule has 0 spiro atoms. The first-order valence-corrected chi connectivity index (χ1v) is 6.15. The van der Waals surface area contributed by atoms with Crippen molar-refractivity contribution in [2.75, 3.05) is 26.2 Å². The standard InChI is InChI=1S/C12H23NO4/c1-8(2)17-7-11(14)6-13-4-10(5-13)9(3)12(15)16/h8-11,14H,4-7H2,1-3H3,(H,15,16). The van der Waals surface area contributed by atoms with Crippen molar-refractivity contribution in [1.29, 1.82) is 0 Å². The van der Waals surface area contributed by atoms with Gasteiger partial charge in [0.15, 0.2) is 0 Å². The maximum atomic E-state index is 10.8. The van der Waals surface area contributed by atoms with Gasteiger partial charge in [0, 0.05) is 19.6 Å². The molecule has 0 aliphatic carbocycles. The van der Waals surface area contributed by atoms with E-state index in [0.717, 1.165) is 13.1 Å². The topological polar surface area (TPSA) is 70.0 Å². The summed E-state index contributed by atoms with van der Waals surface area (Å²) in [5, 5.41) is 18.5. The first kappa shape index (κ1) is 14.4. The minimum absolute atomic E-state index is 0.126. The molecule has 2 N–H and O–H groups in total. The summed E-state index contributed by atoms with van der Waals surface area (Å²) >= 11 is 0. The van der Waals surface area contributed by atoms with Crippen LogP contribution >= 0.6 is 0 Å². The number of hydrogen-bond acceptors (Lipinski definition) is 4. The lowest BCUT2D eigenvalue weighted by atomic mass is 9.87. The third-order valence-electron chi connectivity index (χ3n) is 3.17. The van der Waals surface area contributed by atoms with Crippen molar-refractivity contribution in [3.8, 4) is 0 Å². The molecule has 0 bridgehead atoms. The second kappa shape index (κ2) is 6.33. The monoisotopic (exact) mass is 245 g/mol. The van der Waals surface area contributed by atoms with Gasteiger partial charge >= 0.3 is 5.97 Å². The van der Waals surface area contributed by atoms with Gasteiger partial charge in [-0.2, -0.15) is 0 Å². The molecule has 0 aromatic carbocycles. The fourth-order valence-corrected chi connectivity index (χ4v) is 1.93. The fourth-order valence-electron chi connectivity index (χ4n) is 1.93. The number of rotatable bonds is 7. The van der Waals surface area contributed by atoms with Crippen molar-refractivity contribution >= 4 is 5.97 Å². The molecule has 2 unspecified atom stereocenters. The summed E-state index contributed by atoms with van der Waals surface area (Å²) in [5.74, 6) is -0.820. The van der Waals surface area contributed by atoms with E-state index in [0.29, 0.717) is 13.2 Å². The summed E-state index contributed by atoms with van der Waals surface area (Å²) in [6.45, 7) is 8.02. The van der Waals surface area contributed by atoms with Crippen LogP contribution in [-0.4, -0.2) is 59.5 Å². The molecular weight excluding hydrogens is 222 g/mol. The second-order valence-electron chi connectivity index (χ2n) is 5.14. The van der Waals surface area contributed by atoms with E-state index in [1.54, 1.807) is 6.92 Å². The van der Waals surface area contributed by atoms with E-state index in [1.165, 1.54) is 0 Å². The van der Waals surface area contributed by atoms with Gasteiger partial charge in [-0.05, 0) is 19.8 Å². The molecule has 1 rings (SSSR count). The van der Waals surface area contributed by atoms with Crippen LogP contribution in [0.1, 0.15) is 20.8 Å². The van der Waals surface area contributed by atoms with Crippen LogP contribution in [0.2, 0.25) is 0 Å². The highest BCUT2D eigenvalue weighted by Gasteiger charge is 2.35. The molecule has 0 amide bonds. The van der Waals surface area contributed by atoms with Crippen LogP contribution in [0.3, 0.4) is 0 Å². The molecule has 0 radical (unpaired) electrons. The van der Waals surface area contributed by atoms with Crippen LogP contribution in [0, 0.1) is 11.8 Å². The summed E-state index contributed by atoms with van der Waals surface area (Å²) in [6.07, 6.45) is -0.362. The molecule has 1 aliphatic heterocycles. The van der Waals surface area contributed by atoms with Crippen LogP contribution in [0.4, 0.5) is 0 Å². The zero-order chi connectivity index (χ0) is 13.0. The van der Waals surface area contributed by atoms with Crippen LogP contribution in [0.25, 0.3) is 0 Å². The predicted octanol–water partition coefficient (Wildman–Crippen LogP) is 0.425. The van der Waals surface area contributed by atoms with Gasteiger partial charge in [-0.25, -0.2) is 0 Å². The smallest absolute Gasteiger partial charge is 0.306 e. The summed E-state index contributed by atoms with van der Waals surface area (Å²) in [7, 11) is 0. The van der Waals surface area contributed by atoms with Gasteiger partial charge in [-0.1, -0.05) is 6.92 Å². The highest BCUT2D eigenvalue weighted by Crippen LogP contribution is 2.23. The van der Waals surface area contributed by atoms with Gasteiger partial charge in [-0.15, -0.1) is 0 Å². The molecule has 1 saturated heterocycles. The van der Waals surface area contributed by atoms with Gasteiger partial charge in [0.25, 0.3) is 0 Å². The Labute approximate surface area is 102 Å². The maximum Gasteiger partial charge on any atom is 0.306 e. The van der Waals surface area contributed by atoms with Crippen molar-refractivity contribution in [3.63, 3.8) is 0 Å². The Hall–Kier alpha value is -0.650. The summed E-state index contributed by atoms with van der Waals surface area (Å²) in [4.78, 5) is 12.8. The Bertz CT molecular complexity index is 251. The van der Waals surface area contributed by atoms with E-state index in [2.05, 4.69) is 4.90 Å². The van der Waals surface area contributed by atoms with Crippen molar-refractivity contribution in [2.24, 2.45) is 11.8 Å². The van der Waals surface area contributed by atoms with Gasteiger partial charge in [0.2, 0.25) is 0 Å². The van der Waals surface area contributed by atoms with E-state index in [4.69, 9.17) is 9.84 Å². The van der Waals surface area contributed by atoms with Gasteiger partial charge in [0.1, 0.15) is 0 Å². The van der Waals surface area contributed by atoms with Crippen molar-refractivity contribution in [2.45, 2.75) is 33.0 Å². The Morgan fingerprint density at radius 3 is 2.47 bits per heavy atom. The average molecular weight is 245 g/mol.